The summed E-state index contributed by atoms with van der Waals surface area (Å²) in [6, 6.07) is 3.78. The summed E-state index contributed by atoms with van der Waals surface area (Å²) in [5, 5.41) is 9.05. The monoisotopic (exact) mass is 414 g/mol. The Morgan fingerprint density at radius 3 is 2.66 bits per heavy atom. The SMILES string of the molecule is COc1cc(Cl)c(C)cc1NC(=O)CCc1c(C)nc2c(cnn2C(C)C)c1C. The van der Waals surface area contributed by atoms with Crippen LogP contribution in [0.2, 0.25) is 5.02 Å². The van der Waals surface area contributed by atoms with E-state index in [1.807, 2.05) is 30.8 Å². The van der Waals surface area contributed by atoms with E-state index in [0.717, 1.165) is 33.4 Å². The summed E-state index contributed by atoms with van der Waals surface area (Å²) < 4.78 is 7.27. The van der Waals surface area contributed by atoms with E-state index in [9.17, 15) is 4.79 Å². The quantitative estimate of drug-likeness (QED) is 0.604. The summed E-state index contributed by atoms with van der Waals surface area (Å²) in [4.78, 5) is 17.4. The molecule has 0 spiro atoms. The van der Waals surface area contributed by atoms with Gasteiger partial charge >= 0.3 is 0 Å². The van der Waals surface area contributed by atoms with Gasteiger partial charge in [-0.1, -0.05) is 11.6 Å². The van der Waals surface area contributed by atoms with E-state index in [-0.39, 0.29) is 11.9 Å². The lowest BCUT2D eigenvalue weighted by Crippen LogP contribution is -2.14. The van der Waals surface area contributed by atoms with Crippen molar-refractivity contribution in [3.8, 4) is 5.75 Å². The topological polar surface area (TPSA) is 69.0 Å². The smallest absolute Gasteiger partial charge is 0.224 e. The molecule has 7 heteroatoms. The minimum atomic E-state index is -0.0817. The first-order valence-corrected chi connectivity index (χ1v) is 10.1. The Hall–Kier alpha value is -2.60. The predicted octanol–water partition coefficient (Wildman–Crippen LogP) is 5.17. The number of rotatable bonds is 6. The Labute approximate surface area is 176 Å². The number of fused-ring (bicyclic) bond motifs is 1. The van der Waals surface area contributed by atoms with Crippen molar-refractivity contribution < 1.29 is 9.53 Å². The summed E-state index contributed by atoms with van der Waals surface area (Å²) in [6.45, 7) is 10.1. The average Bonchev–Trinajstić information content (AvgIpc) is 3.08. The Kier molecular flexibility index (Phi) is 6.13. The van der Waals surface area contributed by atoms with Gasteiger partial charge in [0.2, 0.25) is 5.91 Å². The Morgan fingerprint density at radius 1 is 1.28 bits per heavy atom. The van der Waals surface area contributed by atoms with Gasteiger partial charge in [0.1, 0.15) is 5.75 Å². The predicted molar refractivity (Wildman–Crippen MR) is 117 cm³/mol. The second-order valence-corrected chi connectivity index (χ2v) is 7.98. The summed E-state index contributed by atoms with van der Waals surface area (Å²) in [5.74, 6) is 0.465. The van der Waals surface area contributed by atoms with E-state index in [2.05, 4.69) is 31.2 Å². The molecule has 2 aromatic heterocycles. The fourth-order valence-corrected chi connectivity index (χ4v) is 3.67. The fourth-order valence-electron chi connectivity index (χ4n) is 3.52. The van der Waals surface area contributed by atoms with Crippen LogP contribution >= 0.6 is 11.6 Å². The highest BCUT2D eigenvalue weighted by atomic mass is 35.5. The lowest BCUT2D eigenvalue weighted by Gasteiger charge is -2.14. The van der Waals surface area contributed by atoms with Crippen molar-refractivity contribution in [2.24, 2.45) is 0 Å². The number of carbonyl (C=O) groups excluding carboxylic acids is 1. The molecule has 1 amide bonds. The van der Waals surface area contributed by atoms with Gasteiger partial charge < -0.3 is 10.1 Å². The van der Waals surface area contributed by atoms with Gasteiger partial charge in [-0.05, 0) is 63.8 Å². The zero-order valence-electron chi connectivity index (χ0n) is 17.8. The number of ether oxygens (including phenoxy) is 1. The summed E-state index contributed by atoms with van der Waals surface area (Å²) >= 11 is 6.14. The van der Waals surface area contributed by atoms with Crippen LogP contribution in [0.25, 0.3) is 11.0 Å². The molecule has 3 aromatic rings. The van der Waals surface area contributed by atoms with E-state index < -0.39 is 0 Å². The second kappa shape index (κ2) is 8.41. The number of methoxy groups -OCH3 is 1. The molecule has 29 heavy (non-hydrogen) atoms. The lowest BCUT2D eigenvalue weighted by molar-refractivity contribution is -0.116. The number of nitrogens with zero attached hydrogens (tertiary/aromatic N) is 3. The van der Waals surface area contributed by atoms with Gasteiger partial charge in [-0.15, -0.1) is 0 Å². The molecule has 1 N–H and O–H groups in total. The van der Waals surface area contributed by atoms with Crippen molar-refractivity contribution in [1.29, 1.82) is 0 Å². The number of carbonyl (C=O) groups is 1. The molecule has 0 aliphatic rings. The number of amides is 1. The fraction of sp³-hybridized carbons (Fsp3) is 0.409. The van der Waals surface area contributed by atoms with Gasteiger partial charge in [0.25, 0.3) is 0 Å². The zero-order valence-corrected chi connectivity index (χ0v) is 18.5. The van der Waals surface area contributed by atoms with Crippen LogP contribution in [0.5, 0.6) is 5.75 Å². The van der Waals surface area contributed by atoms with Crippen LogP contribution in [0.1, 0.15) is 48.7 Å². The van der Waals surface area contributed by atoms with E-state index in [1.165, 1.54) is 0 Å². The molecule has 2 heterocycles. The number of hydrogen-bond donors (Lipinski definition) is 1. The van der Waals surface area contributed by atoms with Crippen LogP contribution in [-0.4, -0.2) is 27.8 Å². The first-order chi connectivity index (χ1) is 13.7. The Balaban J connectivity index is 1.79. The first kappa shape index (κ1) is 21.1. The van der Waals surface area contributed by atoms with Crippen LogP contribution in [-0.2, 0) is 11.2 Å². The van der Waals surface area contributed by atoms with Crippen LogP contribution in [0.3, 0.4) is 0 Å². The Morgan fingerprint density at radius 2 is 2.00 bits per heavy atom. The molecule has 0 atom stereocenters. The van der Waals surface area contributed by atoms with Gasteiger partial charge in [-0.2, -0.15) is 5.10 Å². The van der Waals surface area contributed by atoms with Crippen LogP contribution in [0.4, 0.5) is 5.69 Å². The van der Waals surface area contributed by atoms with E-state index in [0.29, 0.717) is 29.3 Å². The molecule has 0 aliphatic heterocycles. The number of nitrogens with one attached hydrogen (secondary N) is 1. The number of aryl methyl sites for hydroxylation is 3. The zero-order chi connectivity index (χ0) is 21.3. The number of aromatic nitrogens is 3. The minimum Gasteiger partial charge on any atom is -0.495 e. The molecular formula is C22H27ClN4O2. The summed E-state index contributed by atoms with van der Waals surface area (Å²) in [6.07, 6.45) is 2.81. The van der Waals surface area contributed by atoms with Crippen molar-refractivity contribution in [2.45, 2.75) is 53.5 Å². The molecule has 0 aliphatic carbocycles. The number of hydrogen-bond acceptors (Lipinski definition) is 4. The van der Waals surface area contributed by atoms with Crippen molar-refractivity contribution in [3.05, 3.63) is 45.7 Å². The molecule has 6 nitrogen and oxygen atoms in total. The molecule has 1 aromatic carbocycles. The average molecular weight is 415 g/mol. The van der Waals surface area contributed by atoms with Gasteiger partial charge in [-0.3, -0.25) is 4.79 Å². The minimum absolute atomic E-state index is 0.0817. The highest BCUT2D eigenvalue weighted by molar-refractivity contribution is 6.31. The van der Waals surface area contributed by atoms with Gasteiger partial charge in [0.15, 0.2) is 5.65 Å². The standard InChI is InChI=1S/C22H27ClN4O2/c1-12(2)27-22-17(11-24-27)14(4)16(15(5)25-22)7-8-21(28)26-19-9-13(3)18(23)10-20(19)29-6/h9-12H,7-8H2,1-6H3,(H,26,28). The number of halogens is 1. The normalized spacial score (nSPS) is 11.3. The molecule has 154 valence electrons. The Bertz CT molecular complexity index is 1070. The first-order valence-electron chi connectivity index (χ1n) is 9.70. The van der Waals surface area contributed by atoms with E-state index in [1.54, 1.807) is 13.2 Å². The molecule has 0 saturated heterocycles. The maximum absolute atomic E-state index is 12.6. The van der Waals surface area contributed by atoms with Gasteiger partial charge in [0, 0.05) is 34.6 Å². The van der Waals surface area contributed by atoms with E-state index in [4.69, 9.17) is 21.3 Å². The number of anilines is 1. The highest BCUT2D eigenvalue weighted by Gasteiger charge is 2.16. The van der Waals surface area contributed by atoms with Crippen molar-refractivity contribution >= 4 is 34.2 Å². The van der Waals surface area contributed by atoms with Crippen molar-refractivity contribution in [2.75, 3.05) is 12.4 Å². The molecule has 3 rings (SSSR count). The number of pyridine rings is 1. The molecule has 0 saturated carbocycles. The molecule has 0 bridgehead atoms. The van der Waals surface area contributed by atoms with Gasteiger partial charge in [0.05, 0.1) is 19.0 Å². The summed E-state index contributed by atoms with van der Waals surface area (Å²) in [5.41, 5.74) is 5.56. The largest absolute Gasteiger partial charge is 0.495 e. The second-order valence-electron chi connectivity index (χ2n) is 7.57. The molecule has 0 radical (unpaired) electrons. The van der Waals surface area contributed by atoms with E-state index >= 15 is 0 Å². The maximum atomic E-state index is 12.6. The molecule has 0 fully saturated rings. The highest BCUT2D eigenvalue weighted by Crippen LogP contribution is 2.31. The van der Waals surface area contributed by atoms with Crippen LogP contribution < -0.4 is 10.1 Å². The van der Waals surface area contributed by atoms with Crippen LogP contribution in [0, 0.1) is 20.8 Å². The summed E-state index contributed by atoms with van der Waals surface area (Å²) in [7, 11) is 1.56. The third-order valence-electron chi connectivity index (χ3n) is 5.18. The van der Waals surface area contributed by atoms with Gasteiger partial charge in [-0.25, -0.2) is 9.67 Å². The third-order valence-corrected chi connectivity index (χ3v) is 5.59. The maximum Gasteiger partial charge on any atom is 0.224 e. The van der Waals surface area contributed by atoms with Crippen molar-refractivity contribution in [1.82, 2.24) is 14.8 Å². The third kappa shape index (κ3) is 4.22. The molecular weight excluding hydrogens is 388 g/mol. The number of benzene rings is 1. The van der Waals surface area contributed by atoms with Crippen LogP contribution in [0.15, 0.2) is 18.3 Å². The molecule has 0 unspecified atom stereocenters. The van der Waals surface area contributed by atoms with Crippen molar-refractivity contribution in [3.63, 3.8) is 0 Å². The lowest BCUT2D eigenvalue weighted by atomic mass is 10.0.